The molecule has 0 atom stereocenters. The Morgan fingerprint density at radius 2 is 1.74 bits per heavy atom. The predicted octanol–water partition coefficient (Wildman–Crippen LogP) is 3.00. The molecule has 27 heavy (non-hydrogen) atoms. The fourth-order valence-corrected chi connectivity index (χ4v) is 4.07. The van der Waals surface area contributed by atoms with Crippen LogP contribution < -0.4 is 10.0 Å². The normalized spacial score (nSPS) is 14.8. The lowest BCUT2D eigenvalue weighted by atomic mass is 10.2. The Hall–Kier alpha value is -1.80. The third-order valence-corrected chi connectivity index (χ3v) is 5.87. The van der Waals surface area contributed by atoms with Crippen LogP contribution in [0.25, 0.3) is 0 Å². The molecule has 1 aliphatic rings. The first kappa shape index (κ1) is 21.5. The van der Waals surface area contributed by atoms with Gasteiger partial charge in [-0.15, -0.1) is 12.4 Å². The van der Waals surface area contributed by atoms with Gasteiger partial charge in [-0.05, 0) is 49.4 Å². The van der Waals surface area contributed by atoms with Gasteiger partial charge in [0.15, 0.2) is 0 Å². The summed E-state index contributed by atoms with van der Waals surface area (Å²) in [6.07, 6.45) is 0.903. The molecule has 2 aromatic rings. The molecular formula is C18H21Cl2N3O3S. The van der Waals surface area contributed by atoms with Crippen LogP contribution in [-0.2, 0) is 10.0 Å². The van der Waals surface area contributed by atoms with E-state index in [4.69, 9.17) is 11.6 Å². The van der Waals surface area contributed by atoms with Gasteiger partial charge >= 0.3 is 0 Å². The van der Waals surface area contributed by atoms with Crippen LogP contribution in [0.3, 0.4) is 0 Å². The first-order chi connectivity index (χ1) is 12.5. The Morgan fingerprint density at radius 1 is 1.04 bits per heavy atom. The number of hydrogen-bond donors (Lipinski definition) is 2. The third kappa shape index (κ3) is 5.35. The molecule has 1 amide bonds. The van der Waals surface area contributed by atoms with E-state index in [1.807, 2.05) is 0 Å². The van der Waals surface area contributed by atoms with Crippen molar-refractivity contribution in [2.75, 3.05) is 30.9 Å². The molecule has 1 saturated heterocycles. The van der Waals surface area contributed by atoms with Gasteiger partial charge in [0.2, 0.25) is 0 Å². The number of amides is 1. The van der Waals surface area contributed by atoms with Crippen molar-refractivity contribution in [3.63, 3.8) is 0 Å². The summed E-state index contributed by atoms with van der Waals surface area (Å²) in [7, 11) is -3.78. The van der Waals surface area contributed by atoms with E-state index in [2.05, 4.69) is 10.0 Å². The molecule has 1 aliphatic heterocycles. The van der Waals surface area contributed by atoms with Crippen molar-refractivity contribution in [1.29, 1.82) is 0 Å². The van der Waals surface area contributed by atoms with Crippen molar-refractivity contribution in [2.24, 2.45) is 0 Å². The minimum atomic E-state index is -3.78. The quantitative estimate of drug-likeness (QED) is 0.782. The van der Waals surface area contributed by atoms with Gasteiger partial charge in [0.1, 0.15) is 0 Å². The van der Waals surface area contributed by atoms with Crippen molar-refractivity contribution >= 4 is 45.6 Å². The molecule has 3 rings (SSSR count). The average Bonchev–Trinajstić information content (AvgIpc) is 2.92. The first-order valence-corrected chi connectivity index (χ1v) is 10.2. The number of benzene rings is 2. The van der Waals surface area contributed by atoms with Crippen molar-refractivity contribution in [3.05, 3.63) is 59.1 Å². The van der Waals surface area contributed by atoms with Gasteiger partial charge in [-0.1, -0.05) is 23.7 Å². The van der Waals surface area contributed by atoms with Gasteiger partial charge in [0, 0.05) is 25.2 Å². The Kier molecular flexibility index (Phi) is 7.49. The van der Waals surface area contributed by atoms with E-state index >= 15 is 0 Å². The molecule has 146 valence electrons. The van der Waals surface area contributed by atoms with Crippen LogP contribution in [0.4, 0.5) is 5.69 Å². The number of para-hydroxylation sites is 1. The maximum atomic E-state index is 12.6. The van der Waals surface area contributed by atoms with E-state index < -0.39 is 10.0 Å². The number of nitrogens with one attached hydrogen (secondary N) is 2. The van der Waals surface area contributed by atoms with E-state index in [9.17, 15) is 13.2 Å². The molecule has 2 aromatic carbocycles. The van der Waals surface area contributed by atoms with Gasteiger partial charge < -0.3 is 10.2 Å². The summed E-state index contributed by atoms with van der Waals surface area (Å²) in [5, 5.41) is 3.57. The Labute approximate surface area is 170 Å². The largest absolute Gasteiger partial charge is 0.337 e. The molecule has 1 heterocycles. The van der Waals surface area contributed by atoms with Crippen LogP contribution in [0.2, 0.25) is 5.02 Å². The van der Waals surface area contributed by atoms with Crippen molar-refractivity contribution in [2.45, 2.75) is 11.3 Å². The van der Waals surface area contributed by atoms with Crippen LogP contribution in [0.5, 0.6) is 0 Å². The highest BCUT2D eigenvalue weighted by Crippen LogP contribution is 2.24. The van der Waals surface area contributed by atoms with Crippen molar-refractivity contribution < 1.29 is 13.2 Å². The maximum Gasteiger partial charge on any atom is 0.261 e. The number of hydrogen-bond acceptors (Lipinski definition) is 4. The second-order valence-electron chi connectivity index (χ2n) is 6.01. The lowest BCUT2D eigenvalue weighted by molar-refractivity contribution is 0.0766. The van der Waals surface area contributed by atoms with E-state index in [0.29, 0.717) is 29.4 Å². The summed E-state index contributed by atoms with van der Waals surface area (Å²) in [5.41, 5.74) is 0.787. The summed E-state index contributed by atoms with van der Waals surface area (Å²) in [5.74, 6) is -0.0864. The molecule has 0 spiro atoms. The lowest BCUT2D eigenvalue weighted by Gasteiger charge is -2.20. The molecular weight excluding hydrogens is 409 g/mol. The molecule has 0 aliphatic carbocycles. The van der Waals surface area contributed by atoms with Gasteiger partial charge in [-0.2, -0.15) is 0 Å². The number of anilines is 1. The van der Waals surface area contributed by atoms with Crippen molar-refractivity contribution in [3.8, 4) is 0 Å². The summed E-state index contributed by atoms with van der Waals surface area (Å²) < 4.78 is 27.5. The molecule has 0 radical (unpaired) electrons. The van der Waals surface area contributed by atoms with Gasteiger partial charge in [-0.25, -0.2) is 8.42 Å². The highest BCUT2D eigenvalue weighted by Gasteiger charge is 2.19. The van der Waals surface area contributed by atoms with E-state index in [1.165, 1.54) is 12.1 Å². The topological polar surface area (TPSA) is 78.5 Å². The predicted molar refractivity (Wildman–Crippen MR) is 109 cm³/mol. The Morgan fingerprint density at radius 3 is 2.44 bits per heavy atom. The van der Waals surface area contributed by atoms with Gasteiger partial charge in [0.05, 0.1) is 15.6 Å². The zero-order valence-electron chi connectivity index (χ0n) is 14.5. The van der Waals surface area contributed by atoms with E-state index in [1.54, 1.807) is 41.3 Å². The molecule has 1 fully saturated rings. The summed E-state index contributed by atoms with van der Waals surface area (Å²) in [6.45, 7) is 3.00. The Bertz CT molecular complexity index is 881. The lowest BCUT2D eigenvalue weighted by Crippen LogP contribution is -2.34. The van der Waals surface area contributed by atoms with Crippen LogP contribution in [0.15, 0.2) is 53.4 Å². The van der Waals surface area contributed by atoms with Crippen LogP contribution >= 0.6 is 24.0 Å². The maximum absolute atomic E-state index is 12.6. The molecule has 0 aromatic heterocycles. The minimum absolute atomic E-state index is 0. The monoisotopic (exact) mass is 429 g/mol. The second-order valence-corrected chi connectivity index (χ2v) is 8.10. The fourth-order valence-electron chi connectivity index (χ4n) is 2.76. The zero-order chi connectivity index (χ0) is 18.6. The van der Waals surface area contributed by atoms with E-state index in [0.717, 1.165) is 19.5 Å². The highest BCUT2D eigenvalue weighted by molar-refractivity contribution is 7.92. The number of nitrogens with zero attached hydrogens (tertiary/aromatic N) is 1. The third-order valence-electron chi connectivity index (χ3n) is 4.16. The summed E-state index contributed by atoms with van der Waals surface area (Å²) >= 11 is 6.00. The van der Waals surface area contributed by atoms with Crippen molar-refractivity contribution in [1.82, 2.24) is 10.2 Å². The molecule has 0 unspecified atom stereocenters. The molecule has 9 heteroatoms. The van der Waals surface area contributed by atoms with Gasteiger partial charge in [-0.3, -0.25) is 9.52 Å². The second kappa shape index (κ2) is 9.41. The smallest absolute Gasteiger partial charge is 0.261 e. The number of sulfonamides is 1. The first-order valence-electron chi connectivity index (χ1n) is 8.35. The van der Waals surface area contributed by atoms with Crippen LogP contribution in [0, 0.1) is 0 Å². The molecule has 2 N–H and O–H groups in total. The molecule has 6 nitrogen and oxygen atoms in total. The fraction of sp³-hybridized carbons (Fsp3) is 0.278. The Balaban J connectivity index is 0.00000261. The zero-order valence-corrected chi connectivity index (χ0v) is 16.9. The minimum Gasteiger partial charge on any atom is -0.337 e. The highest BCUT2D eigenvalue weighted by atomic mass is 35.5. The number of halogens is 2. The van der Waals surface area contributed by atoms with E-state index in [-0.39, 0.29) is 23.2 Å². The number of carbonyl (C=O) groups excluding carboxylic acids is 1. The van der Waals surface area contributed by atoms with Gasteiger partial charge in [0.25, 0.3) is 15.9 Å². The SMILES string of the molecule is Cl.O=C(c1ccc(S(=O)(=O)Nc2ccccc2Cl)cc1)N1CCCNCC1. The number of rotatable bonds is 4. The van der Waals surface area contributed by atoms with Crippen LogP contribution in [0.1, 0.15) is 16.8 Å². The summed E-state index contributed by atoms with van der Waals surface area (Å²) in [4.78, 5) is 14.4. The average molecular weight is 430 g/mol. The molecule has 0 bridgehead atoms. The molecule has 0 saturated carbocycles. The number of carbonyl (C=O) groups is 1. The summed E-state index contributed by atoms with van der Waals surface area (Å²) in [6, 6.07) is 12.6. The van der Waals surface area contributed by atoms with Crippen LogP contribution in [-0.4, -0.2) is 45.4 Å². The standard InChI is InChI=1S/C18H20ClN3O3S.ClH/c19-16-4-1-2-5-17(16)21-26(24,25)15-8-6-14(7-9-15)18(23)22-12-3-10-20-11-13-22;/h1-2,4-9,20-21H,3,10-13H2;1H.